The minimum atomic E-state index is -0.106. The Hall–Kier alpha value is -2.79. The number of rotatable bonds is 3. The monoisotopic (exact) mass is 348 g/mol. The van der Waals surface area contributed by atoms with Crippen molar-refractivity contribution in [3.8, 4) is 11.1 Å². The first-order chi connectivity index (χ1) is 12.1. The molecule has 25 heavy (non-hydrogen) atoms. The van der Waals surface area contributed by atoms with Gasteiger partial charge in [0.1, 0.15) is 10.4 Å². The molecule has 4 aromatic rings. The highest BCUT2D eigenvalue weighted by Crippen LogP contribution is 2.40. The molecule has 0 atom stereocenters. The highest BCUT2D eigenvalue weighted by Gasteiger charge is 2.16. The Morgan fingerprint density at radius 3 is 2.48 bits per heavy atom. The van der Waals surface area contributed by atoms with Gasteiger partial charge in [0.05, 0.1) is 0 Å². The third-order valence-corrected chi connectivity index (χ3v) is 5.45. The molecule has 0 aliphatic rings. The number of aromatic amines is 1. The number of fused-ring (bicyclic) bond motifs is 3. The first kappa shape index (κ1) is 15.7. The summed E-state index contributed by atoms with van der Waals surface area (Å²) in [6, 6.07) is 13.5. The van der Waals surface area contributed by atoms with Crippen LogP contribution < -0.4 is 5.56 Å². The van der Waals surface area contributed by atoms with Crippen LogP contribution in [0.3, 0.4) is 0 Å². The zero-order valence-corrected chi connectivity index (χ0v) is 14.7. The molecule has 4 nitrogen and oxygen atoms in total. The first-order valence-corrected chi connectivity index (χ1v) is 8.98. The fraction of sp³-hybridized carbons (Fsp3) is 0.150. The minimum absolute atomic E-state index is 0.106. The molecule has 0 unspecified atom stereocenters. The maximum absolute atomic E-state index is 12.2. The molecule has 0 saturated carbocycles. The van der Waals surface area contributed by atoms with Crippen LogP contribution in [-0.4, -0.2) is 4.98 Å². The number of thiophene rings is 1. The van der Waals surface area contributed by atoms with Gasteiger partial charge in [0.15, 0.2) is 0 Å². The summed E-state index contributed by atoms with van der Waals surface area (Å²) in [6.45, 7) is 4.29. The Labute approximate surface area is 148 Å². The van der Waals surface area contributed by atoms with Gasteiger partial charge in [0, 0.05) is 21.9 Å². The summed E-state index contributed by atoms with van der Waals surface area (Å²) < 4.78 is 0.663. The van der Waals surface area contributed by atoms with Gasteiger partial charge in [-0.25, -0.2) is 0 Å². The number of aromatic nitrogens is 1. The largest absolute Gasteiger partial charge is 0.321 e. The second-order valence-electron chi connectivity index (χ2n) is 6.37. The summed E-state index contributed by atoms with van der Waals surface area (Å²) in [5, 5.41) is 6.85. The number of nitrogens with one attached hydrogen (secondary N) is 1. The van der Waals surface area contributed by atoms with E-state index in [1.807, 2.05) is 23.6 Å². The zero-order valence-electron chi connectivity index (χ0n) is 13.9. The lowest BCUT2D eigenvalue weighted by molar-refractivity contribution is 0.867. The third kappa shape index (κ3) is 2.48. The molecule has 0 spiro atoms. The maximum Gasteiger partial charge on any atom is 0.266 e. The lowest BCUT2D eigenvalue weighted by Gasteiger charge is -2.12. The number of hydrogen-bond donors (Lipinski definition) is 1. The van der Waals surface area contributed by atoms with Crippen LogP contribution in [0.15, 0.2) is 57.8 Å². The molecule has 0 fully saturated rings. The normalized spacial score (nSPS) is 11.5. The Morgan fingerprint density at radius 1 is 1.04 bits per heavy atom. The molecule has 2 aromatic carbocycles. The molecule has 2 aromatic heterocycles. The highest BCUT2D eigenvalue weighted by atomic mass is 32.1. The van der Waals surface area contributed by atoms with Crippen molar-refractivity contribution in [2.24, 2.45) is 5.18 Å². The second-order valence-corrected chi connectivity index (χ2v) is 7.28. The van der Waals surface area contributed by atoms with Crippen molar-refractivity contribution in [3.63, 3.8) is 0 Å². The summed E-state index contributed by atoms with van der Waals surface area (Å²) in [6.07, 6.45) is 0. The summed E-state index contributed by atoms with van der Waals surface area (Å²) in [7, 11) is 0. The molecule has 0 saturated heterocycles. The Bertz CT molecular complexity index is 1150. The van der Waals surface area contributed by atoms with Crippen molar-refractivity contribution in [1.82, 2.24) is 4.98 Å². The summed E-state index contributed by atoms with van der Waals surface area (Å²) in [4.78, 5) is 26.6. The first-order valence-electron chi connectivity index (χ1n) is 8.10. The van der Waals surface area contributed by atoms with Gasteiger partial charge in [-0.1, -0.05) is 38.1 Å². The van der Waals surface area contributed by atoms with Crippen molar-refractivity contribution >= 4 is 38.0 Å². The van der Waals surface area contributed by atoms with E-state index in [2.05, 4.69) is 36.1 Å². The average Bonchev–Trinajstić information content (AvgIpc) is 3.11. The molecule has 5 heteroatoms. The smallest absolute Gasteiger partial charge is 0.266 e. The number of H-pyrrole nitrogens is 1. The van der Waals surface area contributed by atoms with Crippen LogP contribution in [0.5, 0.6) is 0 Å². The molecule has 2 heterocycles. The summed E-state index contributed by atoms with van der Waals surface area (Å²) >= 11 is 1.40. The van der Waals surface area contributed by atoms with E-state index in [-0.39, 0.29) is 5.56 Å². The molecular weight excluding hydrogens is 332 g/mol. The van der Waals surface area contributed by atoms with E-state index < -0.39 is 0 Å². The SMILES string of the molecule is CC(C)c1ccc(-c2c(N=O)ccc3[nH]c(=O)c4sccc4c23)cc1. The van der Waals surface area contributed by atoms with Gasteiger partial charge in [-0.3, -0.25) is 4.79 Å². The standard InChI is InChI=1S/C20H16N2O2S/c1-11(2)12-3-5-13(6-4-12)17-16(22-24)8-7-15-18(17)14-9-10-25-19(14)20(23)21-15/h3-11H,1-2H3,(H,21,23). The predicted molar refractivity (Wildman–Crippen MR) is 105 cm³/mol. The lowest BCUT2D eigenvalue weighted by atomic mass is 9.94. The van der Waals surface area contributed by atoms with E-state index in [1.54, 1.807) is 12.1 Å². The van der Waals surface area contributed by atoms with Crippen LogP contribution in [-0.2, 0) is 0 Å². The number of nitroso groups, excluding NO2 is 1. The van der Waals surface area contributed by atoms with Gasteiger partial charge >= 0.3 is 0 Å². The fourth-order valence-electron chi connectivity index (χ4n) is 3.24. The Morgan fingerprint density at radius 2 is 1.80 bits per heavy atom. The number of hydrogen-bond acceptors (Lipinski definition) is 4. The number of pyridine rings is 1. The van der Waals surface area contributed by atoms with Crippen LogP contribution in [0, 0.1) is 4.91 Å². The predicted octanol–water partition coefficient (Wildman–Crippen LogP) is 5.93. The van der Waals surface area contributed by atoms with Crippen molar-refractivity contribution in [2.75, 3.05) is 0 Å². The van der Waals surface area contributed by atoms with Gasteiger partial charge < -0.3 is 4.98 Å². The topological polar surface area (TPSA) is 62.3 Å². The molecule has 0 aliphatic heterocycles. The maximum atomic E-state index is 12.2. The van der Waals surface area contributed by atoms with E-state index in [9.17, 15) is 9.70 Å². The molecule has 0 amide bonds. The van der Waals surface area contributed by atoms with Crippen LogP contribution in [0.25, 0.3) is 32.1 Å². The highest BCUT2D eigenvalue weighted by molar-refractivity contribution is 7.17. The Kier molecular flexibility index (Phi) is 3.73. The molecule has 0 aliphatic carbocycles. The van der Waals surface area contributed by atoms with Gasteiger partial charge in [-0.15, -0.1) is 16.2 Å². The van der Waals surface area contributed by atoms with Crippen molar-refractivity contribution < 1.29 is 0 Å². The quantitative estimate of drug-likeness (QED) is 0.466. The van der Waals surface area contributed by atoms with E-state index in [4.69, 9.17) is 0 Å². The van der Waals surface area contributed by atoms with Gasteiger partial charge in [-0.2, -0.15) is 0 Å². The number of nitrogens with zero attached hydrogens (tertiary/aromatic N) is 1. The van der Waals surface area contributed by atoms with E-state index in [0.29, 0.717) is 21.8 Å². The van der Waals surface area contributed by atoms with E-state index >= 15 is 0 Å². The molecule has 4 rings (SSSR count). The average molecular weight is 348 g/mol. The Balaban J connectivity index is 2.12. The second kappa shape index (κ2) is 5.93. The van der Waals surface area contributed by atoms with Gasteiger partial charge in [-0.05, 0) is 45.8 Å². The lowest BCUT2D eigenvalue weighted by Crippen LogP contribution is -2.04. The zero-order chi connectivity index (χ0) is 17.6. The van der Waals surface area contributed by atoms with Crippen LogP contribution in [0.1, 0.15) is 25.3 Å². The third-order valence-electron chi connectivity index (χ3n) is 4.54. The van der Waals surface area contributed by atoms with Crippen LogP contribution in [0.2, 0.25) is 0 Å². The molecule has 0 bridgehead atoms. The molecule has 0 radical (unpaired) electrons. The van der Waals surface area contributed by atoms with Gasteiger partial charge in [0.25, 0.3) is 5.56 Å². The van der Waals surface area contributed by atoms with Crippen molar-refractivity contribution in [2.45, 2.75) is 19.8 Å². The van der Waals surface area contributed by atoms with Crippen molar-refractivity contribution in [3.05, 3.63) is 68.7 Å². The summed E-state index contributed by atoms with van der Waals surface area (Å²) in [5.41, 5.74) is 3.91. The fourth-order valence-corrected chi connectivity index (χ4v) is 4.03. The van der Waals surface area contributed by atoms with Crippen LogP contribution in [0.4, 0.5) is 5.69 Å². The summed E-state index contributed by atoms with van der Waals surface area (Å²) in [5.74, 6) is 0.435. The van der Waals surface area contributed by atoms with E-state index in [1.165, 1.54) is 16.9 Å². The molecule has 124 valence electrons. The minimum Gasteiger partial charge on any atom is -0.321 e. The molecule has 1 N–H and O–H groups in total. The van der Waals surface area contributed by atoms with Crippen LogP contribution >= 0.6 is 11.3 Å². The van der Waals surface area contributed by atoms with E-state index in [0.717, 1.165) is 21.9 Å². The van der Waals surface area contributed by atoms with Crippen molar-refractivity contribution in [1.29, 1.82) is 0 Å². The molecular formula is C20H16N2O2S. The number of benzene rings is 2. The van der Waals surface area contributed by atoms with Gasteiger partial charge in [0.2, 0.25) is 0 Å².